The third-order valence-corrected chi connectivity index (χ3v) is 5.33. The Kier molecular flexibility index (Phi) is 4.63. The first-order valence-corrected chi connectivity index (χ1v) is 8.67. The molecule has 1 aliphatic carbocycles. The molecule has 0 aromatic heterocycles. The van der Waals surface area contributed by atoms with Gasteiger partial charge in [0.05, 0.1) is 0 Å². The fourth-order valence-corrected chi connectivity index (χ4v) is 3.46. The molecule has 0 aliphatic heterocycles. The van der Waals surface area contributed by atoms with Gasteiger partial charge in [0, 0.05) is 23.6 Å². The highest BCUT2D eigenvalue weighted by atomic mass is 19.1. The maximum Gasteiger partial charge on any atom is 0.251 e. The lowest BCUT2D eigenvalue weighted by Gasteiger charge is -2.19. The van der Waals surface area contributed by atoms with Crippen molar-refractivity contribution in [1.29, 1.82) is 0 Å². The summed E-state index contributed by atoms with van der Waals surface area (Å²) >= 11 is 0. The smallest absolute Gasteiger partial charge is 0.251 e. The van der Waals surface area contributed by atoms with Gasteiger partial charge in [-0.25, -0.2) is 8.78 Å². The van der Waals surface area contributed by atoms with Crippen LogP contribution in [0, 0.1) is 17.6 Å². The van der Waals surface area contributed by atoms with Crippen LogP contribution >= 0.6 is 0 Å². The van der Waals surface area contributed by atoms with Crippen LogP contribution < -0.4 is 5.32 Å². The van der Waals surface area contributed by atoms with Crippen molar-refractivity contribution in [3.63, 3.8) is 0 Å². The van der Waals surface area contributed by atoms with Gasteiger partial charge in [-0.3, -0.25) is 4.79 Å². The zero-order chi connectivity index (χ0) is 18.2. The lowest BCUT2D eigenvalue weighted by Crippen LogP contribution is -2.33. The van der Waals surface area contributed by atoms with Crippen LogP contribution in [0.25, 0.3) is 0 Å². The number of carbonyl (C=O) groups excluding carboxylic acids is 1. The van der Waals surface area contributed by atoms with E-state index in [-0.39, 0.29) is 11.8 Å². The summed E-state index contributed by atoms with van der Waals surface area (Å²) in [5, 5.41) is 2.92. The summed E-state index contributed by atoms with van der Waals surface area (Å²) in [7, 11) is 0. The number of carbonyl (C=O) groups is 1. The molecule has 0 radical (unpaired) electrons. The van der Waals surface area contributed by atoms with Gasteiger partial charge in [0.1, 0.15) is 11.6 Å². The molecule has 1 N–H and O–H groups in total. The van der Waals surface area contributed by atoms with Gasteiger partial charge in [0.25, 0.3) is 5.91 Å². The highest BCUT2D eigenvalue weighted by Crippen LogP contribution is 2.54. The highest BCUT2D eigenvalue weighted by Gasteiger charge is 2.53. The molecule has 2 atom stereocenters. The normalized spacial score (nSPS) is 22.1. The molecule has 0 heterocycles. The first-order valence-electron chi connectivity index (χ1n) is 8.67. The molecule has 0 spiro atoms. The summed E-state index contributed by atoms with van der Waals surface area (Å²) in [5.74, 6) is -0.639. The minimum atomic E-state index is -0.584. The predicted octanol–water partition coefficient (Wildman–Crippen LogP) is 4.80. The molecule has 2 aromatic carbocycles. The molecule has 25 heavy (non-hydrogen) atoms. The lowest BCUT2D eigenvalue weighted by molar-refractivity contribution is 0.0948. The maximum absolute atomic E-state index is 14.2. The summed E-state index contributed by atoms with van der Waals surface area (Å²) in [6, 6.07) is 11.2. The molecular weight excluding hydrogens is 320 g/mol. The summed E-state index contributed by atoms with van der Waals surface area (Å²) < 4.78 is 27.3. The number of halogens is 2. The van der Waals surface area contributed by atoms with Crippen molar-refractivity contribution in [1.82, 2.24) is 5.32 Å². The molecular formula is C21H23F2NO. The molecule has 4 heteroatoms. The van der Waals surface area contributed by atoms with E-state index in [9.17, 15) is 13.6 Å². The van der Waals surface area contributed by atoms with E-state index in [2.05, 4.69) is 19.2 Å². The van der Waals surface area contributed by atoms with Crippen LogP contribution in [0.5, 0.6) is 0 Å². The average molecular weight is 343 g/mol. The maximum atomic E-state index is 14.2. The van der Waals surface area contributed by atoms with Gasteiger partial charge in [0.2, 0.25) is 0 Å². The predicted molar refractivity (Wildman–Crippen MR) is 94.7 cm³/mol. The second kappa shape index (κ2) is 6.58. The molecule has 0 saturated heterocycles. The van der Waals surface area contributed by atoms with Gasteiger partial charge in [-0.05, 0) is 47.6 Å². The Labute approximate surface area is 147 Å². The topological polar surface area (TPSA) is 29.1 Å². The second-order valence-electron chi connectivity index (χ2n) is 7.34. The third-order valence-electron chi connectivity index (χ3n) is 5.33. The third kappa shape index (κ3) is 3.44. The molecule has 2 nitrogen and oxygen atoms in total. The summed E-state index contributed by atoms with van der Waals surface area (Å²) in [6.45, 7) is 6.57. The monoisotopic (exact) mass is 343 g/mol. The van der Waals surface area contributed by atoms with Crippen molar-refractivity contribution in [2.24, 2.45) is 5.92 Å². The number of rotatable bonds is 5. The van der Waals surface area contributed by atoms with Gasteiger partial charge in [-0.15, -0.1) is 0 Å². The van der Waals surface area contributed by atoms with Crippen LogP contribution in [0.3, 0.4) is 0 Å². The van der Waals surface area contributed by atoms with Gasteiger partial charge in [-0.1, -0.05) is 39.0 Å². The van der Waals surface area contributed by atoms with E-state index in [1.807, 2.05) is 31.2 Å². The van der Waals surface area contributed by atoms with Crippen molar-refractivity contribution in [2.45, 2.75) is 38.5 Å². The number of hydrogen-bond donors (Lipinski definition) is 1. The molecule has 1 aliphatic rings. The molecule has 2 unspecified atom stereocenters. The molecule has 3 rings (SSSR count). The lowest BCUT2D eigenvalue weighted by atomic mass is 9.92. The first-order chi connectivity index (χ1) is 11.8. The molecule has 2 aromatic rings. The van der Waals surface area contributed by atoms with E-state index in [1.165, 1.54) is 17.7 Å². The minimum Gasteiger partial charge on any atom is -0.351 e. The van der Waals surface area contributed by atoms with Crippen LogP contribution in [-0.2, 0) is 5.41 Å². The Morgan fingerprint density at radius 1 is 1.20 bits per heavy atom. The van der Waals surface area contributed by atoms with E-state index in [1.54, 1.807) is 0 Å². The fourth-order valence-electron chi connectivity index (χ4n) is 3.46. The van der Waals surface area contributed by atoms with Crippen LogP contribution in [-0.4, -0.2) is 12.5 Å². The van der Waals surface area contributed by atoms with Gasteiger partial charge in [0.15, 0.2) is 0 Å². The summed E-state index contributed by atoms with van der Waals surface area (Å²) in [5.41, 5.74) is 1.81. The average Bonchev–Trinajstić information content (AvgIpc) is 3.23. The Morgan fingerprint density at radius 3 is 2.36 bits per heavy atom. The van der Waals surface area contributed by atoms with Crippen molar-refractivity contribution in [2.75, 3.05) is 6.54 Å². The molecule has 1 saturated carbocycles. The Morgan fingerprint density at radius 2 is 1.84 bits per heavy atom. The van der Waals surface area contributed by atoms with Crippen molar-refractivity contribution in [3.05, 3.63) is 70.8 Å². The zero-order valence-corrected chi connectivity index (χ0v) is 14.8. The molecule has 0 bridgehead atoms. The number of nitrogens with one attached hydrogen (secondary N) is 1. The Balaban J connectivity index is 1.72. The molecule has 1 amide bonds. The zero-order valence-electron chi connectivity index (χ0n) is 14.8. The van der Waals surface area contributed by atoms with Crippen LogP contribution in [0.2, 0.25) is 0 Å². The van der Waals surface area contributed by atoms with Crippen LogP contribution in [0.1, 0.15) is 54.6 Å². The van der Waals surface area contributed by atoms with E-state index >= 15 is 0 Å². The Bertz CT molecular complexity index is 785. The van der Waals surface area contributed by atoms with Crippen LogP contribution in [0.15, 0.2) is 42.5 Å². The second-order valence-corrected chi connectivity index (χ2v) is 7.34. The molecule has 1 fully saturated rings. The van der Waals surface area contributed by atoms with Crippen molar-refractivity contribution >= 4 is 5.91 Å². The molecule has 132 valence electrons. The number of benzene rings is 2. The summed E-state index contributed by atoms with van der Waals surface area (Å²) in [4.78, 5) is 12.4. The van der Waals surface area contributed by atoms with E-state index in [0.717, 1.165) is 12.5 Å². The summed E-state index contributed by atoms with van der Waals surface area (Å²) in [6.07, 6.45) is 0.780. The minimum absolute atomic E-state index is 0.170. The van der Waals surface area contributed by atoms with Gasteiger partial charge < -0.3 is 5.32 Å². The largest absolute Gasteiger partial charge is 0.351 e. The highest BCUT2D eigenvalue weighted by molar-refractivity contribution is 5.94. The van der Waals surface area contributed by atoms with E-state index in [4.69, 9.17) is 0 Å². The number of hydrogen-bond acceptors (Lipinski definition) is 1. The van der Waals surface area contributed by atoms with E-state index < -0.39 is 17.0 Å². The van der Waals surface area contributed by atoms with Gasteiger partial charge >= 0.3 is 0 Å². The SMILES string of the molecule is CC(C)c1ccc(C(=O)NCC2(c3ccc(F)cc3F)CC2C)cc1. The Hall–Kier alpha value is -2.23. The van der Waals surface area contributed by atoms with E-state index in [0.29, 0.717) is 23.6 Å². The van der Waals surface area contributed by atoms with Gasteiger partial charge in [-0.2, -0.15) is 0 Å². The standard InChI is InChI=1S/C21H23F2NO/c1-13(2)15-4-6-16(7-5-15)20(25)24-12-21(11-14(21)3)18-9-8-17(22)10-19(18)23/h4-10,13-14H,11-12H2,1-3H3,(H,24,25). The quantitative estimate of drug-likeness (QED) is 0.830. The van der Waals surface area contributed by atoms with Crippen LogP contribution in [0.4, 0.5) is 8.78 Å². The van der Waals surface area contributed by atoms with Crippen molar-refractivity contribution < 1.29 is 13.6 Å². The first kappa shape index (κ1) is 17.6. The van der Waals surface area contributed by atoms with Crippen molar-refractivity contribution in [3.8, 4) is 0 Å². The fraction of sp³-hybridized carbons (Fsp3) is 0.381. The number of amides is 1.